The number of nitrogens with two attached hydrogens (primary N) is 1. The highest BCUT2D eigenvalue weighted by Crippen LogP contribution is 2.33. The van der Waals surface area contributed by atoms with Crippen LogP contribution in [-0.4, -0.2) is 43.7 Å². The van der Waals surface area contributed by atoms with Gasteiger partial charge in [-0.05, 0) is 36.8 Å². The lowest BCUT2D eigenvalue weighted by Crippen LogP contribution is -2.32. The summed E-state index contributed by atoms with van der Waals surface area (Å²) in [7, 11) is 0. The van der Waals surface area contributed by atoms with E-state index in [4.69, 9.17) is 10.5 Å². The van der Waals surface area contributed by atoms with Gasteiger partial charge >= 0.3 is 0 Å². The molecular formula is C18H26N2O2. The van der Waals surface area contributed by atoms with Gasteiger partial charge in [-0.15, -0.1) is 0 Å². The molecule has 0 unspecified atom stereocenters. The fourth-order valence-electron chi connectivity index (χ4n) is 3.72. The molecule has 1 aromatic carbocycles. The van der Waals surface area contributed by atoms with Gasteiger partial charge in [-0.25, -0.2) is 0 Å². The van der Waals surface area contributed by atoms with Crippen LogP contribution in [0.1, 0.15) is 30.7 Å². The quantitative estimate of drug-likeness (QED) is 0.925. The molecule has 22 heavy (non-hydrogen) atoms. The predicted octanol–water partition coefficient (Wildman–Crippen LogP) is 2.00. The molecule has 0 radical (unpaired) electrons. The highest BCUT2D eigenvalue weighted by Gasteiger charge is 2.35. The molecule has 1 amide bonds. The second-order valence-corrected chi connectivity index (χ2v) is 6.57. The Kier molecular flexibility index (Phi) is 5.11. The molecule has 0 bridgehead atoms. The molecule has 4 nitrogen and oxygen atoms in total. The van der Waals surface area contributed by atoms with E-state index in [2.05, 4.69) is 24.3 Å². The maximum absolute atomic E-state index is 12.6. The second kappa shape index (κ2) is 7.25. The number of nitrogens with zero attached hydrogens (tertiary/aromatic N) is 1. The Morgan fingerprint density at radius 3 is 2.59 bits per heavy atom. The fourth-order valence-corrected chi connectivity index (χ4v) is 3.72. The Bertz CT molecular complexity index is 485. The third-order valence-corrected chi connectivity index (χ3v) is 5.13. The van der Waals surface area contributed by atoms with Crippen molar-refractivity contribution in [1.29, 1.82) is 0 Å². The van der Waals surface area contributed by atoms with Gasteiger partial charge in [0.25, 0.3) is 0 Å². The summed E-state index contributed by atoms with van der Waals surface area (Å²) in [5.74, 6) is 1.54. The predicted molar refractivity (Wildman–Crippen MR) is 86.5 cm³/mol. The molecule has 2 aliphatic heterocycles. The van der Waals surface area contributed by atoms with Crippen molar-refractivity contribution < 1.29 is 9.53 Å². The smallest absolute Gasteiger partial charge is 0.222 e. The van der Waals surface area contributed by atoms with Crippen LogP contribution in [0.3, 0.4) is 0 Å². The molecule has 4 heteroatoms. The van der Waals surface area contributed by atoms with Gasteiger partial charge in [0.2, 0.25) is 5.91 Å². The van der Waals surface area contributed by atoms with Gasteiger partial charge in [-0.1, -0.05) is 30.3 Å². The Morgan fingerprint density at radius 2 is 1.91 bits per heavy atom. The third kappa shape index (κ3) is 3.50. The summed E-state index contributed by atoms with van der Waals surface area (Å²) in [5, 5.41) is 0. The number of likely N-dealkylation sites (tertiary alicyclic amines) is 1. The summed E-state index contributed by atoms with van der Waals surface area (Å²) >= 11 is 0. The molecule has 2 atom stereocenters. The molecular weight excluding hydrogens is 276 g/mol. The molecule has 2 heterocycles. The number of carbonyl (C=O) groups excluding carboxylic acids is 1. The molecule has 0 aromatic heterocycles. The first-order valence-corrected chi connectivity index (χ1v) is 8.38. The zero-order valence-corrected chi connectivity index (χ0v) is 13.1. The van der Waals surface area contributed by atoms with Gasteiger partial charge in [0.05, 0.1) is 0 Å². The molecule has 3 rings (SSSR count). The van der Waals surface area contributed by atoms with E-state index in [9.17, 15) is 4.79 Å². The molecule has 0 aliphatic carbocycles. The van der Waals surface area contributed by atoms with Gasteiger partial charge in [0.15, 0.2) is 0 Å². The van der Waals surface area contributed by atoms with E-state index in [1.54, 1.807) is 0 Å². The minimum atomic E-state index is 0.295. The monoisotopic (exact) mass is 302 g/mol. The van der Waals surface area contributed by atoms with Crippen molar-refractivity contribution in [2.24, 2.45) is 17.6 Å². The van der Waals surface area contributed by atoms with Gasteiger partial charge in [-0.3, -0.25) is 4.79 Å². The van der Waals surface area contributed by atoms with Crippen molar-refractivity contribution in [3.63, 3.8) is 0 Å². The number of ether oxygens (including phenoxy) is 1. The van der Waals surface area contributed by atoms with Crippen molar-refractivity contribution in [2.45, 2.75) is 25.2 Å². The van der Waals surface area contributed by atoms with Crippen molar-refractivity contribution in [1.82, 2.24) is 4.90 Å². The zero-order chi connectivity index (χ0) is 15.4. The van der Waals surface area contributed by atoms with Gasteiger partial charge in [-0.2, -0.15) is 0 Å². The van der Waals surface area contributed by atoms with E-state index in [0.29, 0.717) is 36.6 Å². The summed E-state index contributed by atoms with van der Waals surface area (Å²) in [6.45, 7) is 3.86. The first-order valence-electron chi connectivity index (χ1n) is 8.38. The van der Waals surface area contributed by atoms with Crippen molar-refractivity contribution >= 4 is 5.91 Å². The second-order valence-electron chi connectivity index (χ2n) is 6.57. The Balaban J connectivity index is 1.62. The van der Waals surface area contributed by atoms with E-state index in [1.807, 2.05) is 11.0 Å². The Labute approximate surface area is 132 Å². The van der Waals surface area contributed by atoms with Crippen LogP contribution in [0.15, 0.2) is 30.3 Å². The fraction of sp³-hybridized carbons (Fsp3) is 0.611. The van der Waals surface area contributed by atoms with Crippen LogP contribution in [0.25, 0.3) is 0 Å². The van der Waals surface area contributed by atoms with E-state index in [0.717, 1.165) is 39.1 Å². The summed E-state index contributed by atoms with van der Waals surface area (Å²) in [5.41, 5.74) is 7.26. The number of rotatable bonds is 4. The van der Waals surface area contributed by atoms with Crippen LogP contribution in [0.4, 0.5) is 0 Å². The van der Waals surface area contributed by atoms with Crippen LogP contribution >= 0.6 is 0 Å². The van der Waals surface area contributed by atoms with Crippen molar-refractivity contribution in [2.75, 3.05) is 32.8 Å². The van der Waals surface area contributed by atoms with Gasteiger partial charge in [0, 0.05) is 38.6 Å². The number of carbonyl (C=O) groups is 1. The molecule has 0 spiro atoms. The lowest BCUT2D eigenvalue weighted by molar-refractivity contribution is -0.132. The minimum absolute atomic E-state index is 0.295. The van der Waals surface area contributed by atoms with Crippen molar-refractivity contribution in [3.05, 3.63) is 35.9 Å². The topological polar surface area (TPSA) is 55.6 Å². The van der Waals surface area contributed by atoms with Crippen molar-refractivity contribution in [3.8, 4) is 0 Å². The molecule has 2 fully saturated rings. The van der Waals surface area contributed by atoms with E-state index in [-0.39, 0.29) is 0 Å². The summed E-state index contributed by atoms with van der Waals surface area (Å²) < 4.78 is 5.37. The standard InChI is InChI=1S/C18H26N2O2/c19-11-16-12-20(13-17(16)15-4-2-1-3-5-15)18(21)10-14-6-8-22-9-7-14/h1-5,14,16-17H,6-13,19H2/t16-,17+/m1/s1. The maximum Gasteiger partial charge on any atom is 0.222 e. The molecule has 1 aromatic rings. The first kappa shape index (κ1) is 15.5. The summed E-state index contributed by atoms with van der Waals surface area (Å²) in [6.07, 6.45) is 2.70. The van der Waals surface area contributed by atoms with Gasteiger partial charge < -0.3 is 15.4 Å². The molecule has 2 aliphatic rings. The van der Waals surface area contributed by atoms with Crippen LogP contribution in [0, 0.1) is 11.8 Å². The van der Waals surface area contributed by atoms with E-state index in [1.165, 1.54) is 5.56 Å². The maximum atomic E-state index is 12.6. The average molecular weight is 302 g/mol. The summed E-state index contributed by atoms with van der Waals surface area (Å²) in [4.78, 5) is 14.6. The Hall–Kier alpha value is -1.39. The number of benzene rings is 1. The highest BCUT2D eigenvalue weighted by molar-refractivity contribution is 5.77. The highest BCUT2D eigenvalue weighted by atomic mass is 16.5. The SMILES string of the molecule is NC[C@@H]1CN(C(=O)CC2CCOCC2)C[C@H]1c1ccccc1. The number of amides is 1. The average Bonchev–Trinajstić information content (AvgIpc) is 3.01. The molecule has 2 saturated heterocycles. The molecule has 2 N–H and O–H groups in total. The zero-order valence-electron chi connectivity index (χ0n) is 13.1. The lowest BCUT2D eigenvalue weighted by Gasteiger charge is -2.24. The first-order chi connectivity index (χ1) is 10.8. The van der Waals surface area contributed by atoms with E-state index >= 15 is 0 Å². The van der Waals surface area contributed by atoms with Crippen LogP contribution < -0.4 is 5.73 Å². The number of hydrogen-bond donors (Lipinski definition) is 1. The molecule has 120 valence electrons. The van der Waals surface area contributed by atoms with E-state index < -0.39 is 0 Å². The van der Waals surface area contributed by atoms with Crippen LogP contribution in [-0.2, 0) is 9.53 Å². The normalized spacial score (nSPS) is 26.3. The largest absolute Gasteiger partial charge is 0.381 e. The van der Waals surface area contributed by atoms with Gasteiger partial charge in [0.1, 0.15) is 0 Å². The third-order valence-electron chi connectivity index (χ3n) is 5.13. The minimum Gasteiger partial charge on any atom is -0.381 e. The molecule has 0 saturated carbocycles. The lowest BCUT2D eigenvalue weighted by atomic mass is 9.89. The van der Waals surface area contributed by atoms with Crippen LogP contribution in [0.5, 0.6) is 0 Å². The van der Waals surface area contributed by atoms with Crippen LogP contribution in [0.2, 0.25) is 0 Å². The number of hydrogen-bond acceptors (Lipinski definition) is 3. The summed E-state index contributed by atoms with van der Waals surface area (Å²) in [6, 6.07) is 10.5. The Morgan fingerprint density at radius 1 is 1.18 bits per heavy atom.